The van der Waals surface area contributed by atoms with Gasteiger partial charge in [-0.25, -0.2) is 13.2 Å². The summed E-state index contributed by atoms with van der Waals surface area (Å²) in [5, 5.41) is 0.837. The lowest BCUT2D eigenvalue weighted by atomic mass is 10.2. The Hall–Kier alpha value is -2.88. The summed E-state index contributed by atoms with van der Waals surface area (Å²) in [6.45, 7) is 2.86. The van der Waals surface area contributed by atoms with Gasteiger partial charge in [-0.1, -0.05) is 40.5 Å². The van der Waals surface area contributed by atoms with Crippen molar-refractivity contribution in [1.29, 1.82) is 0 Å². The highest BCUT2D eigenvalue weighted by Gasteiger charge is 2.30. The topological polar surface area (TPSA) is 101 Å². The van der Waals surface area contributed by atoms with E-state index in [9.17, 15) is 18.0 Å². The first-order chi connectivity index (χ1) is 17.6. The summed E-state index contributed by atoms with van der Waals surface area (Å²) in [6.07, 6.45) is 5.05. The summed E-state index contributed by atoms with van der Waals surface area (Å²) in [4.78, 5) is 30.9. The fourth-order valence-corrected chi connectivity index (χ4v) is 7.08. The molecule has 0 unspecified atom stereocenters. The van der Waals surface area contributed by atoms with E-state index in [1.165, 1.54) is 44.8 Å². The molecule has 2 amide bonds. The molecule has 1 fully saturated rings. The molecule has 0 atom stereocenters. The number of sulfonamides is 1. The number of terminal acetylenes is 1. The second-order valence-corrected chi connectivity index (χ2v) is 11.7. The molecular weight excluding hydrogens is 559 g/mol. The van der Waals surface area contributed by atoms with Gasteiger partial charge in [0.15, 0.2) is 4.80 Å². The van der Waals surface area contributed by atoms with Crippen molar-refractivity contribution in [2.75, 3.05) is 32.8 Å². The Bertz CT molecular complexity index is 1570. The third-order valence-corrected chi connectivity index (χ3v) is 9.09. The Morgan fingerprint density at radius 3 is 2.43 bits per heavy atom. The second-order valence-electron chi connectivity index (χ2n) is 7.94. The van der Waals surface area contributed by atoms with Crippen molar-refractivity contribution in [2.45, 2.75) is 18.4 Å². The molecule has 0 bridgehead atoms. The Morgan fingerprint density at radius 2 is 1.81 bits per heavy atom. The first kappa shape index (κ1) is 27.2. The number of carbonyl (C=O) groups is 2. The van der Waals surface area contributed by atoms with E-state index in [0.717, 1.165) is 4.70 Å². The summed E-state index contributed by atoms with van der Waals surface area (Å²) in [5.41, 5.74) is 0.838. The van der Waals surface area contributed by atoms with E-state index in [2.05, 4.69) is 10.9 Å². The lowest BCUT2D eigenvalue weighted by Crippen LogP contribution is -2.50. The maximum absolute atomic E-state index is 13.1. The molecular formula is C24H22Cl2N4O5S2. The van der Waals surface area contributed by atoms with E-state index in [1.54, 1.807) is 23.6 Å². The number of hydrogen-bond acceptors (Lipinski definition) is 6. The number of thiazole rings is 1. The number of ether oxygens (including phenoxy) is 1. The number of piperazine rings is 1. The molecule has 1 saturated heterocycles. The third-order valence-electron chi connectivity index (χ3n) is 5.65. The van der Waals surface area contributed by atoms with Crippen molar-refractivity contribution >= 4 is 66.8 Å². The van der Waals surface area contributed by atoms with E-state index >= 15 is 0 Å². The number of fused-ring (bicyclic) bond motifs is 1. The van der Waals surface area contributed by atoms with E-state index < -0.39 is 22.0 Å². The molecule has 9 nitrogen and oxygen atoms in total. The predicted octanol–water partition coefficient (Wildman–Crippen LogP) is 3.85. The molecule has 1 aromatic heterocycles. The second kappa shape index (κ2) is 11.2. The molecule has 0 spiro atoms. The molecule has 0 N–H and O–H groups in total. The van der Waals surface area contributed by atoms with E-state index in [-0.39, 0.29) is 49.8 Å². The molecule has 2 heterocycles. The molecule has 1 aliphatic heterocycles. The van der Waals surface area contributed by atoms with Crippen LogP contribution in [0.2, 0.25) is 10.0 Å². The van der Waals surface area contributed by atoms with Crippen molar-refractivity contribution in [3.05, 3.63) is 56.8 Å². The van der Waals surface area contributed by atoms with Gasteiger partial charge in [0.2, 0.25) is 10.0 Å². The summed E-state index contributed by atoms with van der Waals surface area (Å²) >= 11 is 13.7. The lowest BCUT2D eigenvalue weighted by Gasteiger charge is -2.33. The lowest BCUT2D eigenvalue weighted by molar-refractivity contribution is 0.0933. The predicted molar refractivity (Wildman–Crippen MR) is 142 cm³/mol. The molecule has 0 radical (unpaired) electrons. The van der Waals surface area contributed by atoms with Crippen molar-refractivity contribution in [1.82, 2.24) is 13.8 Å². The molecule has 0 aliphatic carbocycles. The van der Waals surface area contributed by atoms with Crippen LogP contribution < -0.4 is 4.80 Å². The Morgan fingerprint density at radius 1 is 1.14 bits per heavy atom. The van der Waals surface area contributed by atoms with Gasteiger partial charge in [-0.05, 0) is 43.3 Å². The van der Waals surface area contributed by atoms with Gasteiger partial charge in [0.25, 0.3) is 5.91 Å². The van der Waals surface area contributed by atoms with Crippen LogP contribution in [-0.4, -0.2) is 67.0 Å². The highest BCUT2D eigenvalue weighted by atomic mass is 35.5. The highest BCUT2D eigenvalue weighted by Crippen LogP contribution is 2.29. The van der Waals surface area contributed by atoms with Gasteiger partial charge in [-0.3, -0.25) is 4.79 Å². The third kappa shape index (κ3) is 5.68. The summed E-state index contributed by atoms with van der Waals surface area (Å²) in [5.74, 6) is 1.97. The Kier molecular flexibility index (Phi) is 8.26. The number of nitrogens with zero attached hydrogens (tertiary/aromatic N) is 4. The van der Waals surface area contributed by atoms with Crippen molar-refractivity contribution in [3.8, 4) is 12.3 Å². The van der Waals surface area contributed by atoms with Crippen LogP contribution in [0.1, 0.15) is 17.3 Å². The number of aromatic nitrogens is 1. The van der Waals surface area contributed by atoms with E-state index in [0.29, 0.717) is 20.4 Å². The minimum atomic E-state index is -3.80. The average molecular weight is 582 g/mol. The minimum Gasteiger partial charge on any atom is -0.450 e. The zero-order valence-corrected chi connectivity index (χ0v) is 22.8. The number of carbonyl (C=O) groups excluding carboxylic acids is 2. The number of amides is 2. The van der Waals surface area contributed by atoms with Crippen LogP contribution in [0.25, 0.3) is 10.2 Å². The monoisotopic (exact) mass is 580 g/mol. The molecule has 2 aromatic carbocycles. The average Bonchev–Trinajstić information content (AvgIpc) is 3.21. The molecule has 194 valence electrons. The normalized spacial score (nSPS) is 15.1. The molecule has 3 aromatic rings. The SMILES string of the molecule is C#CCn1c(=NC(=O)c2ccc(S(=O)(=O)N3CCN(C(=O)OCC)CC3)cc2)sc2cc(Cl)cc(Cl)c21. The maximum atomic E-state index is 13.1. The fraction of sp³-hybridized carbons (Fsp3) is 0.292. The first-order valence-corrected chi connectivity index (χ1v) is 14.2. The van der Waals surface area contributed by atoms with Gasteiger partial charge in [0.1, 0.15) is 0 Å². The number of rotatable bonds is 5. The van der Waals surface area contributed by atoms with Crippen molar-refractivity contribution < 1.29 is 22.7 Å². The Labute approximate surface area is 227 Å². The van der Waals surface area contributed by atoms with Crippen LogP contribution in [0.3, 0.4) is 0 Å². The minimum absolute atomic E-state index is 0.0410. The fourth-order valence-electron chi connectivity index (χ4n) is 3.85. The van der Waals surface area contributed by atoms with Gasteiger partial charge in [-0.2, -0.15) is 9.30 Å². The summed E-state index contributed by atoms with van der Waals surface area (Å²) < 4.78 is 34.8. The summed E-state index contributed by atoms with van der Waals surface area (Å²) in [6, 6.07) is 8.87. The van der Waals surface area contributed by atoms with Gasteiger partial charge >= 0.3 is 6.09 Å². The van der Waals surface area contributed by atoms with Crippen LogP contribution in [0, 0.1) is 12.3 Å². The van der Waals surface area contributed by atoms with Crippen LogP contribution in [0.4, 0.5) is 4.79 Å². The Balaban J connectivity index is 1.56. The smallest absolute Gasteiger partial charge is 0.409 e. The van der Waals surface area contributed by atoms with Crippen molar-refractivity contribution in [3.63, 3.8) is 0 Å². The van der Waals surface area contributed by atoms with Crippen LogP contribution in [0.15, 0.2) is 46.3 Å². The van der Waals surface area contributed by atoms with E-state index in [4.69, 9.17) is 34.4 Å². The van der Waals surface area contributed by atoms with Gasteiger partial charge in [-0.15, -0.1) is 6.42 Å². The molecule has 1 aliphatic rings. The number of benzene rings is 2. The molecule has 0 saturated carbocycles. The number of hydrogen-bond donors (Lipinski definition) is 0. The van der Waals surface area contributed by atoms with Gasteiger partial charge < -0.3 is 14.2 Å². The maximum Gasteiger partial charge on any atom is 0.409 e. The molecule has 37 heavy (non-hydrogen) atoms. The van der Waals surface area contributed by atoms with Gasteiger partial charge in [0.05, 0.1) is 33.3 Å². The van der Waals surface area contributed by atoms with Crippen LogP contribution in [-0.2, 0) is 21.3 Å². The zero-order valence-electron chi connectivity index (χ0n) is 19.7. The van der Waals surface area contributed by atoms with Crippen molar-refractivity contribution in [2.24, 2.45) is 4.99 Å². The molecule has 13 heteroatoms. The van der Waals surface area contributed by atoms with Gasteiger partial charge in [0, 0.05) is 36.8 Å². The van der Waals surface area contributed by atoms with Crippen LogP contribution >= 0.6 is 34.5 Å². The zero-order chi connectivity index (χ0) is 26.7. The quantitative estimate of drug-likeness (QED) is 0.427. The van der Waals surface area contributed by atoms with Crippen LogP contribution in [0.5, 0.6) is 0 Å². The largest absolute Gasteiger partial charge is 0.450 e. The molecule has 4 rings (SSSR count). The summed E-state index contributed by atoms with van der Waals surface area (Å²) in [7, 11) is -3.80. The number of halogens is 2. The first-order valence-electron chi connectivity index (χ1n) is 11.2. The standard InChI is InChI=1S/C24H22Cl2N4O5S2/c1-3-9-30-21-19(26)14-17(25)15-20(21)36-23(30)27-22(31)16-5-7-18(8-6-16)37(33,34)29-12-10-28(11-13-29)24(32)35-4-2/h1,5-8,14-15H,4,9-13H2,2H3. The highest BCUT2D eigenvalue weighted by molar-refractivity contribution is 7.89. The van der Waals surface area contributed by atoms with E-state index in [1.807, 2.05) is 0 Å².